The number of hydrogen-bond acceptors (Lipinski definition) is 5. The van der Waals surface area contributed by atoms with Crippen molar-refractivity contribution in [1.29, 1.82) is 0 Å². The van der Waals surface area contributed by atoms with E-state index in [0.29, 0.717) is 6.42 Å². The minimum atomic E-state index is 0.169. The van der Waals surface area contributed by atoms with Gasteiger partial charge >= 0.3 is 0 Å². The number of hydrogen-bond donors (Lipinski definition) is 1. The first kappa shape index (κ1) is 17.8. The van der Waals surface area contributed by atoms with Crippen LogP contribution in [0.2, 0.25) is 0 Å². The normalized spacial score (nSPS) is 16.6. The zero-order chi connectivity index (χ0) is 19.6. The Morgan fingerprint density at radius 2 is 1.97 bits per heavy atom. The molecule has 1 aromatic carbocycles. The van der Waals surface area contributed by atoms with Gasteiger partial charge in [0, 0.05) is 42.2 Å². The van der Waals surface area contributed by atoms with E-state index in [9.17, 15) is 5.11 Å². The third kappa shape index (κ3) is 3.47. The summed E-state index contributed by atoms with van der Waals surface area (Å²) in [6.07, 6.45) is 6.44. The molecule has 0 saturated carbocycles. The lowest BCUT2D eigenvalue weighted by atomic mass is 10.1. The van der Waals surface area contributed by atoms with E-state index in [-0.39, 0.29) is 12.6 Å². The van der Waals surface area contributed by atoms with Crippen LogP contribution in [0.15, 0.2) is 67.0 Å². The monoisotopic (exact) mass is 385 g/mol. The van der Waals surface area contributed by atoms with Gasteiger partial charge in [-0.1, -0.05) is 36.4 Å². The summed E-state index contributed by atoms with van der Waals surface area (Å²) in [6.45, 7) is 1.12. The zero-order valence-corrected chi connectivity index (χ0v) is 16.1. The third-order valence-corrected chi connectivity index (χ3v) is 5.55. The standard InChI is InChI=1S/C23H23N5O/c29-16-20-9-5-12-27(20)22-10-4-8-19(25-22)14-18-15-21(17-6-2-1-3-7-17)26-28-13-11-24-23(18)28/h1-4,6-8,10-11,13,15,20,29H,5,9,12,14,16H2. The van der Waals surface area contributed by atoms with E-state index in [2.05, 4.69) is 34.1 Å². The highest BCUT2D eigenvalue weighted by molar-refractivity contribution is 5.63. The minimum absolute atomic E-state index is 0.169. The first-order valence-electron chi connectivity index (χ1n) is 10.0. The number of pyridine rings is 1. The summed E-state index contributed by atoms with van der Waals surface area (Å²) >= 11 is 0. The van der Waals surface area contributed by atoms with E-state index in [0.717, 1.165) is 53.4 Å². The SMILES string of the molecule is OCC1CCCN1c1cccc(Cc2cc(-c3ccccc3)nn3ccnc23)n1. The number of fused-ring (bicyclic) bond motifs is 1. The highest BCUT2D eigenvalue weighted by Gasteiger charge is 2.25. The molecule has 0 radical (unpaired) electrons. The number of aliphatic hydroxyl groups excluding tert-OH is 1. The average molecular weight is 385 g/mol. The lowest BCUT2D eigenvalue weighted by Crippen LogP contribution is -2.32. The number of benzene rings is 1. The Hall–Kier alpha value is -3.25. The quantitative estimate of drug-likeness (QED) is 0.571. The van der Waals surface area contributed by atoms with Crippen LogP contribution in [0.25, 0.3) is 16.9 Å². The van der Waals surface area contributed by atoms with Gasteiger partial charge in [-0.2, -0.15) is 5.10 Å². The van der Waals surface area contributed by atoms with Crippen LogP contribution < -0.4 is 4.90 Å². The molecule has 6 heteroatoms. The number of rotatable bonds is 5. The highest BCUT2D eigenvalue weighted by atomic mass is 16.3. The molecule has 0 spiro atoms. The topological polar surface area (TPSA) is 66.5 Å². The fraction of sp³-hybridized carbons (Fsp3) is 0.261. The van der Waals surface area contributed by atoms with Crippen molar-refractivity contribution in [2.24, 2.45) is 0 Å². The van der Waals surface area contributed by atoms with Crippen molar-refractivity contribution in [2.75, 3.05) is 18.1 Å². The summed E-state index contributed by atoms with van der Waals surface area (Å²) in [5, 5.41) is 14.4. The maximum absolute atomic E-state index is 9.65. The van der Waals surface area contributed by atoms with E-state index in [1.165, 1.54) is 0 Å². The number of aliphatic hydroxyl groups is 1. The van der Waals surface area contributed by atoms with Crippen LogP contribution in [0.1, 0.15) is 24.1 Å². The van der Waals surface area contributed by atoms with Crippen molar-refractivity contribution in [1.82, 2.24) is 19.6 Å². The molecule has 1 saturated heterocycles. The Labute approximate surface area is 169 Å². The molecular weight excluding hydrogens is 362 g/mol. The number of anilines is 1. The molecule has 4 aromatic rings. The van der Waals surface area contributed by atoms with Crippen molar-refractivity contribution in [3.05, 3.63) is 78.2 Å². The molecule has 1 atom stereocenters. The van der Waals surface area contributed by atoms with Gasteiger partial charge in [0.15, 0.2) is 5.65 Å². The number of nitrogens with zero attached hydrogens (tertiary/aromatic N) is 5. The van der Waals surface area contributed by atoms with Crippen LogP contribution in [-0.2, 0) is 6.42 Å². The lowest BCUT2D eigenvalue weighted by Gasteiger charge is -2.24. The van der Waals surface area contributed by atoms with Crippen LogP contribution in [-0.4, -0.2) is 43.9 Å². The maximum Gasteiger partial charge on any atom is 0.157 e. The second-order valence-corrected chi connectivity index (χ2v) is 7.45. The van der Waals surface area contributed by atoms with Gasteiger partial charge in [-0.15, -0.1) is 0 Å². The van der Waals surface area contributed by atoms with Crippen LogP contribution in [0.5, 0.6) is 0 Å². The van der Waals surface area contributed by atoms with E-state index in [1.54, 1.807) is 6.20 Å². The molecule has 1 unspecified atom stereocenters. The molecule has 0 bridgehead atoms. The summed E-state index contributed by atoms with van der Waals surface area (Å²) in [5.41, 5.74) is 4.93. The summed E-state index contributed by atoms with van der Waals surface area (Å²) in [4.78, 5) is 11.6. The Balaban J connectivity index is 1.51. The number of aromatic nitrogens is 4. The van der Waals surface area contributed by atoms with Crippen molar-refractivity contribution in [3.8, 4) is 11.3 Å². The van der Waals surface area contributed by atoms with Gasteiger partial charge < -0.3 is 10.0 Å². The van der Waals surface area contributed by atoms with Gasteiger partial charge in [0.05, 0.1) is 18.3 Å². The predicted molar refractivity (Wildman–Crippen MR) is 113 cm³/mol. The van der Waals surface area contributed by atoms with Gasteiger partial charge in [0.2, 0.25) is 0 Å². The molecule has 0 amide bonds. The summed E-state index contributed by atoms with van der Waals surface area (Å²) in [5.74, 6) is 0.941. The smallest absolute Gasteiger partial charge is 0.157 e. The second-order valence-electron chi connectivity index (χ2n) is 7.45. The summed E-state index contributed by atoms with van der Waals surface area (Å²) < 4.78 is 1.84. The summed E-state index contributed by atoms with van der Waals surface area (Å²) in [7, 11) is 0. The third-order valence-electron chi connectivity index (χ3n) is 5.55. The van der Waals surface area contributed by atoms with E-state index >= 15 is 0 Å². The van der Waals surface area contributed by atoms with Gasteiger partial charge in [0.25, 0.3) is 0 Å². The molecule has 3 aromatic heterocycles. The van der Waals surface area contributed by atoms with Gasteiger partial charge in [-0.25, -0.2) is 14.5 Å². The largest absolute Gasteiger partial charge is 0.394 e. The molecule has 6 nitrogen and oxygen atoms in total. The van der Waals surface area contributed by atoms with Gasteiger partial charge in [-0.05, 0) is 31.0 Å². The Bertz CT molecular complexity index is 1120. The molecule has 1 N–H and O–H groups in total. The first-order chi connectivity index (χ1) is 14.3. The Morgan fingerprint density at radius 1 is 1.07 bits per heavy atom. The number of imidazole rings is 1. The second kappa shape index (κ2) is 7.64. The highest BCUT2D eigenvalue weighted by Crippen LogP contribution is 2.25. The van der Waals surface area contributed by atoms with Crippen LogP contribution in [0.3, 0.4) is 0 Å². The van der Waals surface area contributed by atoms with Crippen LogP contribution in [0.4, 0.5) is 5.82 Å². The van der Waals surface area contributed by atoms with Crippen molar-refractivity contribution in [2.45, 2.75) is 25.3 Å². The van der Waals surface area contributed by atoms with Gasteiger partial charge in [0.1, 0.15) is 5.82 Å². The molecule has 0 aliphatic carbocycles. The Morgan fingerprint density at radius 3 is 2.83 bits per heavy atom. The average Bonchev–Trinajstić information content (AvgIpc) is 3.44. The van der Waals surface area contributed by atoms with E-state index in [4.69, 9.17) is 10.1 Å². The van der Waals surface area contributed by atoms with Crippen LogP contribution >= 0.6 is 0 Å². The maximum atomic E-state index is 9.65. The summed E-state index contributed by atoms with van der Waals surface area (Å²) in [6, 6.07) is 18.6. The molecule has 146 valence electrons. The van der Waals surface area contributed by atoms with Crippen molar-refractivity contribution >= 4 is 11.5 Å². The van der Waals surface area contributed by atoms with Gasteiger partial charge in [-0.3, -0.25) is 0 Å². The fourth-order valence-corrected chi connectivity index (χ4v) is 4.11. The minimum Gasteiger partial charge on any atom is -0.394 e. The molecule has 29 heavy (non-hydrogen) atoms. The first-order valence-corrected chi connectivity index (χ1v) is 10.0. The Kier molecular flexibility index (Phi) is 4.69. The predicted octanol–water partition coefficient (Wildman–Crippen LogP) is 3.34. The van der Waals surface area contributed by atoms with Crippen LogP contribution in [0, 0.1) is 0 Å². The molecule has 5 rings (SSSR count). The molecule has 1 aliphatic heterocycles. The van der Waals surface area contributed by atoms with Crippen molar-refractivity contribution in [3.63, 3.8) is 0 Å². The van der Waals surface area contributed by atoms with E-state index in [1.807, 2.05) is 41.0 Å². The lowest BCUT2D eigenvalue weighted by molar-refractivity contribution is 0.266. The molecule has 1 fully saturated rings. The van der Waals surface area contributed by atoms with E-state index < -0.39 is 0 Å². The zero-order valence-electron chi connectivity index (χ0n) is 16.1. The molecule has 1 aliphatic rings. The molecule has 4 heterocycles. The fourth-order valence-electron chi connectivity index (χ4n) is 4.11. The molecular formula is C23H23N5O. The van der Waals surface area contributed by atoms with Crippen molar-refractivity contribution < 1.29 is 5.11 Å².